The molecule has 31 heavy (non-hydrogen) atoms. The van der Waals surface area contributed by atoms with Crippen LogP contribution >= 0.6 is 11.3 Å². The monoisotopic (exact) mass is 467 g/mol. The van der Waals surface area contributed by atoms with Crippen molar-refractivity contribution in [2.75, 3.05) is 17.1 Å². The number of nitrogens with zero attached hydrogens (tertiary/aromatic N) is 1. The number of benzene rings is 2. The molecule has 1 amide bonds. The lowest BCUT2D eigenvalue weighted by Gasteiger charge is -2.13. The second-order valence-electron chi connectivity index (χ2n) is 6.08. The van der Waals surface area contributed by atoms with Crippen molar-refractivity contribution >= 4 is 52.0 Å². The van der Waals surface area contributed by atoms with Gasteiger partial charge in [-0.05, 0) is 30.3 Å². The van der Waals surface area contributed by atoms with Crippen LogP contribution in [0.4, 0.5) is 24.5 Å². The Balaban J connectivity index is 1.87. The molecule has 13 heteroatoms. The van der Waals surface area contributed by atoms with E-state index in [9.17, 15) is 26.4 Å². The molecule has 0 bridgehead atoms. The van der Waals surface area contributed by atoms with Crippen LogP contribution in [0.3, 0.4) is 0 Å². The van der Waals surface area contributed by atoms with Gasteiger partial charge in [-0.3, -0.25) is 9.52 Å². The zero-order chi connectivity index (χ0) is 22.8. The molecular weight excluding hydrogens is 454 g/mol. The standard InChI is InChI=1S/C18H13BF3N3O4S2/c1-29-13-7-6-12(23-16(26)17-24-15(9-30-17)18(20,21)22)8-14(13)31(27,28)25-11-4-2-10(19)3-5-11/h2-9,25H,1H3,(H,23,26). The molecule has 1 heterocycles. The molecule has 0 aliphatic rings. The van der Waals surface area contributed by atoms with E-state index >= 15 is 0 Å². The quantitative estimate of drug-likeness (QED) is 0.544. The predicted molar refractivity (Wildman–Crippen MR) is 111 cm³/mol. The number of carbonyl (C=O) groups is 1. The molecule has 0 unspecified atom stereocenters. The Hall–Kier alpha value is -3.06. The first-order valence-electron chi connectivity index (χ1n) is 8.40. The minimum atomic E-state index is -4.68. The molecule has 0 aliphatic heterocycles. The van der Waals surface area contributed by atoms with E-state index < -0.39 is 32.8 Å². The largest absolute Gasteiger partial charge is 0.495 e. The summed E-state index contributed by atoms with van der Waals surface area (Å²) in [5.74, 6) is -0.921. The van der Waals surface area contributed by atoms with Crippen molar-refractivity contribution in [2.24, 2.45) is 0 Å². The summed E-state index contributed by atoms with van der Waals surface area (Å²) >= 11 is 0.515. The maximum Gasteiger partial charge on any atom is 0.434 e. The molecule has 2 radical (unpaired) electrons. The van der Waals surface area contributed by atoms with E-state index in [0.717, 1.165) is 11.4 Å². The highest BCUT2D eigenvalue weighted by molar-refractivity contribution is 7.92. The van der Waals surface area contributed by atoms with Crippen LogP contribution in [0.2, 0.25) is 0 Å². The predicted octanol–water partition coefficient (Wildman–Crippen LogP) is 3.02. The highest BCUT2D eigenvalue weighted by Gasteiger charge is 2.34. The number of rotatable bonds is 6. The summed E-state index contributed by atoms with van der Waals surface area (Å²) in [6, 6.07) is 9.71. The molecule has 7 nitrogen and oxygen atoms in total. The number of halogens is 3. The summed E-state index contributed by atoms with van der Waals surface area (Å²) < 4.78 is 71.1. The number of sulfonamides is 1. The molecule has 2 aromatic carbocycles. The van der Waals surface area contributed by atoms with Crippen molar-refractivity contribution in [3.05, 3.63) is 58.5 Å². The van der Waals surface area contributed by atoms with Crippen LogP contribution in [0.5, 0.6) is 5.75 Å². The summed E-state index contributed by atoms with van der Waals surface area (Å²) in [6.07, 6.45) is -4.68. The van der Waals surface area contributed by atoms with Gasteiger partial charge in [-0.15, -0.1) is 11.3 Å². The van der Waals surface area contributed by atoms with Gasteiger partial charge in [0.1, 0.15) is 18.5 Å². The van der Waals surface area contributed by atoms with Gasteiger partial charge in [-0.1, -0.05) is 17.6 Å². The number of methoxy groups -OCH3 is 1. The topological polar surface area (TPSA) is 97.4 Å². The third kappa shape index (κ3) is 5.36. The lowest BCUT2D eigenvalue weighted by Crippen LogP contribution is -2.16. The van der Waals surface area contributed by atoms with Gasteiger partial charge in [-0.25, -0.2) is 13.4 Å². The normalized spacial score (nSPS) is 11.7. The van der Waals surface area contributed by atoms with E-state index in [0.29, 0.717) is 16.8 Å². The Labute approximate surface area is 180 Å². The highest BCUT2D eigenvalue weighted by Crippen LogP contribution is 2.31. The fourth-order valence-electron chi connectivity index (χ4n) is 2.42. The summed E-state index contributed by atoms with van der Waals surface area (Å²) in [5.41, 5.74) is -0.477. The minimum Gasteiger partial charge on any atom is -0.495 e. The average molecular weight is 467 g/mol. The Kier molecular flexibility index (Phi) is 6.27. The number of hydrogen-bond donors (Lipinski definition) is 2. The van der Waals surface area contributed by atoms with Crippen LogP contribution < -0.4 is 20.2 Å². The van der Waals surface area contributed by atoms with Crippen molar-refractivity contribution in [3.8, 4) is 5.75 Å². The number of anilines is 2. The molecule has 0 saturated carbocycles. The summed E-state index contributed by atoms with van der Waals surface area (Å²) in [4.78, 5) is 15.2. The second kappa shape index (κ2) is 8.59. The van der Waals surface area contributed by atoms with Crippen molar-refractivity contribution in [2.45, 2.75) is 11.1 Å². The summed E-state index contributed by atoms with van der Waals surface area (Å²) in [5, 5.41) is 2.63. The number of aromatic nitrogens is 1. The number of amides is 1. The zero-order valence-corrected chi connectivity index (χ0v) is 17.4. The fourth-order valence-corrected chi connectivity index (χ4v) is 4.39. The van der Waals surface area contributed by atoms with Crippen molar-refractivity contribution < 1.29 is 31.1 Å². The van der Waals surface area contributed by atoms with E-state index in [1.807, 2.05) is 0 Å². The minimum absolute atomic E-state index is 0.00505. The maximum atomic E-state index is 12.8. The highest BCUT2D eigenvalue weighted by atomic mass is 32.2. The third-order valence-corrected chi connectivity index (χ3v) is 6.11. The maximum absolute atomic E-state index is 12.8. The van der Waals surface area contributed by atoms with Crippen LogP contribution in [0, 0.1) is 0 Å². The van der Waals surface area contributed by atoms with Gasteiger partial charge in [0.15, 0.2) is 10.7 Å². The van der Waals surface area contributed by atoms with E-state index in [4.69, 9.17) is 12.6 Å². The van der Waals surface area contributed by atoms with Crippen LogP contribution in [-0.4, -0.2) is 34.3 Å². The van der Waals surface area contributed by atoms with Crippen molar-refractivity contribution in [3.63, 3.8) is 0 Å². The molecule has 0 spiro atoms. The summed E-state index contributed by atoms with van der Waals surface area (Å²) in [7, 11) is 2.71. The number of alkyl halides is 3. The molecular formula is C18H13BF3N3O4S2. The zero-order valence-electron chi connectivity index (χ0n) is 15.7. The first-order chi connectivity index (χ1) is 14.5. The van der Waals surface area contributed by atoms with E-state index in [-0.39, 0.29) is 22.0 Å². The van der Waals surface area contributed by atoms with Crippen molar-refractivity contribution in [1.29, 1.82) is 0 Å². The SMILES string of the molecule is [B]c1ccc(NS(=O)(=O)c2cc(NC(=O)c3nc(C(F)(F)F)cs3)ccc2OC)cc1. The molecule has 0 fully saturated rings. The van der Waals surface area contributed by atoms with Crippen molar-refractivity contribution in [1.82, 2.24) is 4.98 Å². The number of nitrogens with one attached hydrogen (secondary N) is 2. The molecule has 2 N–H and O–H groups in total. The van der Waals surface area contributed by atoms with E-state index in [1.54, 1.807) is 0 Å². The van der Waals surface area contributed by atoms with Gasteiger partial charge in [-0.2, -0.15) is 13.2 Å². The van der Waals surface area contributed by atoms with Crippen LogP contribution in [0.1, 0.15) is 15.5 Å². The first-order valence-corrected chi connectivity index (χ1v) is 10.8. The molecule has 3 rings (SSSR count). The molecule has 160 valence electrons. The lowest BCUT2D eigenvalue weighted by molar-refractivity contribution is -0.140. The van der Waals surface area contributed by atoms with E-state index in [2.05, 4.69) is 15.0 Å². The van der Waals surface area contributed by atoms with Gasteiger partial charge in [0, 0.05) is 16.8 Å². The van der Waals surface area contributed by atoms with Gasteiger partial charge < -0.3 is 10.1 Å². The molecule has 0 saturated heterocycles. The number of carbonyl (C=O) groups excluding carboxylic acids is 1. The third-order valence-electron chi connectivity index (χ3n) is 3.86. The smallest absolute Gasteiger partial charge is 0.434 e. The average Bonchev–Trinajstić information content (AvgIpc) is 3.20. The molecule has 0 aliphatic carbocycles. The second-order valence-corrected chi connectivity index (χ2v) is 8.59. The Morgan fingerprint density at radius 3 is 2.35 bits per heavy atom. The molecule has 3 aromatic rings. The van der Waals surface area contributed by atoms with Gasteiger partial charge in [0.2, 0.25) is 0 Å². The Morgan fingerprint density at radius 1 is 1.13 bits per heavy atom. The van der Waals surface area contributed by atoms with Gasteiger partial charge >= 0.3 is 6.18 Å². The fraction of sp³-hybridized carbons (Fsp3) is 0.111. The van der Waals surface area contributed by atoms with Gasteiger partial charge in [0.25, 0.3) is 15.9 Å². The Bertz CT molecular complexity index is 1210. The summed E-state index contributed by atoms with van der Waals surface area (Å²) in [6.45, 7) is 0. The first kappa shape index (κ1) is 22.6. The Morgan fingerprint density at radius 2 is 1.77 bits per heavy atom. The van der Waals surface area contributed by atoms with Crippen LogP contribution in [0.25, 0.3) is 0 Å². The van der Waals surface area contributed by atoms with Gasteiger partial charge in [0.05, 0.1) is 7.11 Å². The number of thiazole rings is 1. The number of hydrogen-bond acceptors (Lipinski definition) is 6. The molecule has 0 atom stereocenters. The van der Waals surface area contributed by atoms with Crippen LogP contribution in [0.15, 0.2) is 52.7 Å². The number of ether oxygens (including phenoxy) is 1. The van der Waals surface area contributed by atoms with Crippen LogP contribution in [-0.2, 0) is 16.2 Å². The lowest BCUT2D eigenvalue weighted by atomic mass is 9.96. The molecule has 1 aromatic heterocycles. The van der Waals surface area contributed by atoms with E-state index in [1.165, 1.54) is 43.5 Å².